The molecule has 4 nitrogen and oxygen atoms in total. The second-order valence-electron chi connectivity index (χ2n) is 6.26. The Balaban J connectivity index is 1.48. The summed E-state index contributed by atoms with van der Waals surface area (Å²) in [4.78, 5) is 17.7. The van der Waals surface area contributed by atoms with E-state index in [1.807, 2.05) is 29.2 Å². The minimum Gasteiger partial charge on any atom is -0.459 e. The van der Waals surface area contributed by atoms with Crippen LogP contribution in [0.2, 0.25) is 0 Å². The molecule has 2 saturated heterocycles. The number of hydrogen-bond donors (Lipinski definition) is 1. The van der Waals surface area contributed by atoms with Gasteiger partial charge in [-0.05, 0) is 25.4 Å². The molecule has 1 N–H and O–H groups in total. The minimum atomic E-state index is -1.31. The molecule has 22 heavy (non-hydrogen) atoms. The molecule has 0 aliphatic carbocycles. The van der Waals surface area contributed by atoms with Crippen molar-refractivity contribution >= 4 is 16.9 Å². The van der Waals surface area contributed by atoms with Crippen molar-refractivity contribution < 1.29 is 12.3 Å². The average molecular weight is 300 g/mol. The number of esters is 1. The van der Waals surface area contributed by atoms with Crippen LogP contribution in [-0.2, 0) is 4.74 Å². The van der Waals surface area contributed by atoms with E-state index in [0.717, 1.165) is 36.6 Å². The molecule has 4 heteroatoms. The Morgan fingerprint density at radius 2 is 2.09 bits per heavy atom. The van der Waals surface area contributed by atoms with Crippen molar-refractivity contribution in [3.05, 3.63) is 36.0 Å². The maximum atomic E-state index is 12.6. The summed E-state index contributed by atoms with van der Waals surface area (Å²) in [7, 11) is 0. The van der Waals surface area contributed by atoms with E-state index in [1.54, 1.807) is 13.1 Å². The first kappa shape index (κ1) is 11.7. The lowest BCUT2D eigenvalue weighted by Gasteiger charge is -2.37. The third-order valence-corrected chi connectivity index (χ3v) is 5.03. The number of H-pyrrole nitrogens is 1. The van der Waals surface area contributed by atoms with E-state index in [9.17, 15) is 4.79 Å². The first-order chi connectivity index (χ1) is 11.4. The van der Waals surface area contributed by atoms with E-state index in [4.69, 9.17) is 7.48 Å². The lowest BCUT2D eigenvalue weighted by atomic mass is 9.99. The quantitative estimate of drug-likeness (QED) is 0.884. The number of piperidine rings is 1. The first-order valence-electron chi connectivity index (χ1n) is 8.99. The molecule has 0 saturated carbocycles. The second-order valence-corrected chi connectivity index (χ2v) is 6.26. The van der Waals surface area contributed by atoms with Gasteiger partial charge in [0.15, 0.2) is 0 Å². The van der Waals surface area contributed by atoms with Crippen LogP contribution in [0, 0.1) is 0 Å². The third-order valence-electron chi connectivity index (χ3n) is 5.03. The molecule has 2 unspecified atom stereocenters. The third kappa shape index (κ3) is 2.22. The van der Waals surface area contributed by atoms with Crippen molar-refractivity contribution in [1.82, 2.24) is 9.88 Å². The molecule has 3 heterocycles. The van der Waals surface area contributed by atoms with Crippen LogP contribution < -0.4 is 0 Å². The molecule has 2 bridgehead atoms. The predicted molar refractivity (Wildman–Crippen MR) is 85.9 cm³/mol. The van der Waals surface area contributed by atoms with Crippen molar-refractivity contribution in [3.63, 3.8) is 0 Å². The molecule has 1 aromatic carbocycles. The van der Waals surface area contributed by atoms with E-state index < -0.39 is 6.50 Å². The number of fused-ring (bicyclic) bond motifs is 3. The van der Waals surface area contributed by atoms with Crippen LogP contribution in [-0.4, -0.2) is 40.5 Å². The van der Waals surface area contributed by atoms with Crippen LogP contribution in [0.3, 0.4) is 0 Å². The smallest absolute Gasteiger partial charge is 0.340 e. The van der Waals surface area contributed by atoms with Gasteiger partial charge in [0.05, 0.1) is 5.56 Å². The van der Waals surface area contributed by atoms with Gasteiger partial charge < -0.3 is 9.72 Å². The Morgan fingerprint density at radius 3 is 2.82 bits per heavy atom. The summed E-state index contributed by atoms with van der Waals surface area (Å²) in [6, 6.07) is 8.04. The Kier molecular flexibility index (Phi) is 2.89. The Labute approximate surface area is 133 Å². The van der Waals surface area contributed by atoms with E-state index in [0.29, 0.717) is 5.56 Å². The zero-order chi connectivity index (χ0) is 16.9. The Hall–Kier alpha value is -1.81. The highest BCUT2D eigenvalue weighted by Crippen LogP contribution is 2.36. The van der Waals surface area contributed by atoms with Crippen LogP contribution in [0.15, 0.2) is 30.5 Å². The zero-order valence-corrected chi connectivity index (χ0v) is 12.7. The standard InChI is InChI=1S/C18H22N2O2/c1-2-20-12-7-8-13(20)10-14(9-12)22-18(21)16-11-19-17-6-4-3-5-15(16)17/h3-6,11-14,19H,2,7-10H2,1H3/i2D2. The molecule has 2 aliphatic rings. The number of para-hydroxylation sites is 1. The number of carbonyl (C=O) groups is 1. The Morgan fingerprint density at radius 1 is 1.36 bits per heavy atom. The summed E-state index contributed by atoms with van der Waals surface area (Å²) < 4.78 is 21.8. The van der Waals surface area contributed by atoms with Crippen molar-refractivity contribution in [3.8, 4) is 0 Å². The number of ether oxygens (including phenoxy) is 1. The molecule has 4 rings (SSSR count). The fraction of sp³-hybridized carbons (Fsp3) is 0.500. The van der Waals surface area contributed by atoms with E-state index in [-0.39, 0.29) is 24.2 Å². The lowest BCUT2D eigenvalue weighted by molar-refractivity contribution is -0.00460. The molecular weight excluding hydrogens is 276 g/mol. The van der Waals surface area contributed by atoms with Crippen molar-refractivity contribution in [2.75, 3.05) is 6.50 Å². The normalized spacial score (nSPS) is 30.1. The lowest BCUT2D eigenvalue weighted by Crippen LogP contribution is -2.45. The van der Waals surface area contributed by atoms with Crippen LogP contribution in [0.1, 0.15) is 45.7 Å². The largest absolute Gasteiger partial charge is 0.459 e. The van der Waals surface area contributed by atoms with Gasteiger partial charge in [-0.3, -0.25) is 4.90 Å². The molecule has 2 fully saturated rings. The maximum Gasteiger partial charge on any atom is 0.340 e. The fourth-order valence-electron chi connectivity index (χ4n) is 4.04. The fourth-order valence-corrected chi connectivity index (χ4v) is 4.04. The van der Waals surface area contributed by atoms with Gasteiger partial charge in [-0.2, -0.15) is 0 Å². The van der Waals surface area contributed by atoms with Crippen LogP contribution in [0.5, 0.6) is 0 Å². The van der Waals surface area contributed by atoms with Crippen molar-refractivity contribution in [1.29, 1.82) is 0 Å². The van der Waals surface area contributed by atoms with Crippen molar-refractivity contribution in [2.45, 2.75) is 50.8 Å². The molecule has 2 aromatic rings. The van der Waals surface area contributed by atoms with Gasteiger partial charge >= 0.3 is 5.97 Å². The summed E-state index contributed by atoms with van der Waals surface area (Å²) in [6.45, 7) is 0.314. The highest BCUT2D eigenvalue weighted by atomic mass is 16.5. The van der Waals surface area contributed by atoms with Crippen LogP contribution >= 0.6 is 0 Å². The number of rotatable bonds is 3. The molecule has 0 amide bonds. The average Bonchev–Trinajstić information content (AvgIpc) is 3.07. The van der Waals surface area contributed by atoms with Crippen LogP contribution in [0.4, 0.5) is 0 Å². The number of hydrogen-bond acceptors (Lipinski definition) is 3. The summed E-state index contributed by atoms with van der Waals surface area (Å²) >= 11 is 0. The monoisotopic (exact) mass is 300 g/mol. The van der Waals surface area contributed by atoms with Gasteiger partial charge in [-0.1, -0.05) is 25.1 Å². The second kappa shape index (κ2) is 5.43. The molecular formula is C18H22N2O2. The SMILES string of the molecule is [2H]C([2H])(C)N1C2CCC1CC(OC(=O)c1c[nH]c3ccccc13)C2. The first-order valence-corrected chi connectivity index (χ1v) is 7.99. The van der Waals surface area contributed by atoms with Gasteiger partial charge in [0.25, 0.3) is 0 Å². The molecule has 116 valence electrons. The number of benzene rings is 1. The molecule has 2 atom stereocenters. The zero-order valence-electron chi connectivity index (χ0n) is 14.7. The number of aromatic amines is 1. The summed E-state index contributed by atoms with van der Waals surface area (Å²) in [5.41, 5.74) is 1.50. The number of nitrogens with one attached hydrogen (secondary N) is 1. The van der Waals surface area contributed by atoms with Gasteiger partial charge in [-0.15, -0.1) is 0 Å². The van der Waals surface area contributed by atoms with E-state index in [2.05, 4.69) is 4.98 Å². The number of carbonyl (C=O) groups excluding carboxylic acids is 1. The van der Waals surface area contributed by atoms with Crippen LogP contribution in [0.25, 0.3) is 10.9 Å². The minimum absolute atomic E-state index is 0.123. The topological polar surface area (TPSA) is 45.3 Å². The summed E-state index contributed by atoms with van der Waals surface area (Å²) in [6.07, 6.45) is 5.00. The summed E-state index contributed by atoms with van der Waals surface area (Å²) in [5, 5.41) is 0.882. The predicted octanol–water partition coefficient (Wildman–Crippen LogP) is 3.34. The van der Waals surface area contributed by atoms with Gasteiger partial charge in [-0.25, -0.2) is 4.79 Å². The van der Waals surface area contributed by atoms with Gasteiger partial charge in [0.2, 0.25) is 0 Å². The summed E-state index contributed by atoms with van der Waals surface area (Å²) in [5.74, 6) is -0.287. The number of aromatic nitrogens is 1. The highest BCUT2D eigenvalue weighted by Gasteiger charge is 2.41. The molecule has 2 aliphatic heterocycles. The maximum absolute atomic E-state index is 12.6. The van der Waals surface area contributed by atoms with E-state index >= 15 is 0 Å². The van der Waals surface area contributed by atoms with Gasteiger partial charge in [0, 0.05) is 44.8 Å². The van der Waals surface area contributed by atoms with Crippen molar-refractivity contribution in [2.24, 2.45) is 0 Å². The molecule has 0 spiro atoms. The van der Waals surface area contributed by atoms with Gasteiger partial charge in [0.1, 0.15) is 6.10 Å². The molecule has 0 radical (unpaired) electrons. The Bertz CT molecular complexity index is 754. The number of nitrogens with zero attached hydrogens (tertiary/aromatic N) is 1. The van der Waals surface area contributed by atoms with E-state index in [1.165, 1.54) is 0 Å². The molecule has 1 aromatic heterocycles. The highest BCUT2D eigenvalue weighted by molar-refractivity contribution is 6.04.